The molecule has 0 radical (unpaired) electrons. The van der Waals surface area contributed by atoms with Gasteiger partial charge in [-0.3, -0.25) is 0 Å². The number of hydrogen-bond acceptors (Lipinski definition) is 3. The summed E-state index contributed by atoms with van der Waals surface area (Å²) in [5.41, 5.74) is 3.74. The number of hydrogen-bond donors (Lipinski definition) is 2. The van der Waals surface area contributed by atoms with Gasteiger partial charge in [-0.05, 0) is 0 Å². The number of carbonyl (C=O) groups excluding carboxylic acids is 1. The molecule has 0 bridgehead atoms. The fourth-order valence-corrected chi connectivity index (χ4v) is 4.47. The van der Waals surface area contributed by atoms with Gasteiger partial charge in [-0.2, -0.15) is 0 Å². The van der Waals surface area contributed by atoms with Gasteiger partial charge < -0.3 is 0 Å². The van der Waals surface area contributed by atoms with E-state index in [-0.39, 0.29) is 18.4 Å². The van der Waals surface area contributed by atoms with E-state index in [1.54, 1.807) is 24.3 Å². The molecule has 22 heavy (non-hydrogen) atoms. The zero-order chi connectivity index (χ0) is 16.3. The Morgan fingerprint density at radius 3 is 2.09 bits per heavy atom. The van der Waals surface area contributed by atoms with E-state index in [1.165, 1.54) is 0 Å². The Kier molecular flexibility index (Phi) is 5.12. The molecule has 0 unspecified atom stereocenters. The van der Waals surface area contributed by atoms with Crippen molar-refractivity contribution < 1.29 is 14.6 Å². The van der Waals surface area contributed by atoms with Crippen LogP contribution in [0.4, 0.5) is 0 Å². The van der Waals surface area contributed by atoms with Crippen LogP contribution < -0.4 is 5.30 Å². The third-order valence-electron chi connectivity index (χ3n) is 3.89. The number of rotatable bonds is 5. The van der Waals surface area contributed by atoms with Crippen LogP contribution in [0, 0.1) is 20.8 Å². The number of ketones is 1. The molecule has 0 saturated carbocycles. The van der Waals surface area contributed by atoms with Crippen LogP contribution in [-0.4, -0.2) is 21.7 Å². The molecule has 2 aromatic carbocycles. The summed E-state index contributed by atoms with van der Waals surface area (Å²) in [5.74, 6) is -0.0223. The molecule has 4 heteroatoms. The van der Waals surface area contributed by atoms with Crippen molar-refractivity contribution in [3.63, 3.8) is 0 Å². The van der Waals surface area contributed by atoms with Gasteiger partial charge in [0.25, 0.3) is 0 Å². The van der Waals surface area contributed by atoms with E-state index in [2.05, 4.69) is 0 Å². The molecule has 0 heterocycles. The van der Waals surface area contributed by atoms with E-state index in [1.807, 2.05) is 39.0 Å². The summed E-state index contributed by atoms with van der Waals surface area (Å²) in [6.45, 7) is 5.85. The second kappa shape index (κ2) is 6.70. The first kappa shape index (κ1) is 16.8. The first-order valence-corrected chi connectivity index (χ1v) is 9.53. The second-order valence-electron chi connectivity index (χ2n) is 5.88. The Morgan fingerprint density at radius 2 is 1.55 bits per heavy atom. The monoisotopic (exact) mass is 318 g/mol. The second-order valence-corrected chi connectivity index (χ2v) is 8.59. The van der Waals surface area contributed by atoms with E-state index in [4.69, 9.17) is 0 Å². The van der Waals surface area contributed by atoms with E-state index in [9.17, 15) is 14.6 Å². The average Bonchev–Trinajstić information content (AvgIpc) is 2.45. The number of benzene rings is 2. The van der Waals surface area contributed by atoms with E-state index >= 15 is 0 Å². The van der Waals surface area contributed by atoms with Crippen LogP contribution >= 0.6 is 7.72 Å². The summed E-state index contributed by atoms with van der Waals surface area (Å²) in [6.07, 6.45) is 0.265. The summed E-state index contributed by atoms with van der Waals surface area (Å²) < 4.78 is 0. The maximum atomic E-state index is 12.5. The molecule has 2 rings (SSSR count). The summed E-state index contributed by atoms with van der Waals surface area (Å²) in [4.78, 5) is 33.1. The van der Waals surface area contributed by atoms with Crippen LogP contribution in [0.5, 0.6) is 0 Å². The average molecular weight is 318 g/mol. The molecule has 118 valence electrons. The van der Waals surface area contributed by atoms with Gasteiger partial charge in [0.15, 0.2) is 0 Å². The summed E-state index contributed by atoms with van der Waals surface area (Å²) in [6, 6.07) is 12.8. The van der Waals surface area contributed by atoms with E-state index < -0.39 is 7.72 Å². The third kappa shape index (κ3) is 3.80. The summed E-state index contributed by atoms with van der Waals surface area (Å²) >= 11 is 0. The number of carbonyl (C=O) groups is 1. The van der Waals surface area contributed by atoms with Gasteiger partial charge in [-0.1, -0.05) is 0 Å². The zero-order valence-corrected chi connectivity index (χ0v) is 14.3. The van der Waals surface area contributed by atoms with Crippen molar-refractivity contribution in [2.45, 2.75) is 27.2 Å². The molecule has 0 spiro atoms. The Labute approximate surface area is 132 Å². The normalized spacial score (nSPS) is 12.2. The van der Waals surface area contributed by atoms with Crippen LogP contribution in [0.2, 0.25) is 0 Å². The molecule has 0 fully saturated rings. The number of aryl methyl sites for hydroxylation is 3. The topological polar surface area (TPSA) is 57.5 Å². The molecule has 0 amide bonds. The van der Waals surface area contributed by atoms with E-state index in [0.29, 0.717) is 10.9 Å². The standard InChI is InChI=1S/C18H23O3P/c1-13-11-14(2)18(15(3)12-13)17(19)9-10-22(20,21)16-7-5-4-6-8-16/h4-8,11-12,20-22H,9-10H2,1-3H3. The molecule has 0 aliphatic rings. The van der Waals surface area contributed by atoms with Gasteiger partial charge in [0.05, 0.1) is 0 Å². The molecule has 0 aliphatic carbocycles. The van der Waals surface area contributed by atoms with Gasteiger partial charge in [0, 0.05) is 0 Å². The molecule has 0 atom stereocenters. The fourth-order valence-electron chi connectivity index (χ4n) is 2.88. The SMILES string of the molecule is Cc1cc(C)c(C(=O)CC[PH](O)(O)c2ccccc2)c(C)c1. The van der Waals surface area contributed by atoms with Crippen LogP contribution in [0.15, 0.2) is 42.5 Å². The third-order valence-corrected chi connectivity index (χ3v) is 6.10. The molecule has 2 N–H and O–H groups in total. The molecule has 0 aliphatic heterocycles. The summed E-state index contributed by atoms with van der Waals surface area (Å²) in [7, 11) is -3.54. The van der Waals surface area contributed by atoms with Gasteiger partial charge in [-0.15, -0.1) is 0 Å². The van der Waals surface area contributed by atoms with Crippen LogP contribution in [-0.2, 0) is 0 Å². The fraction of sp³-hybridized carbons (Fsp3) is 0.278. The van der Waals surface area contributed by atoms with Crippen molar-refractivity contribution >= 4 is 18.8 Å². The summed E-state index contributed by atoms with van der Waals surface area (Å²) in [5, 5.41) is 0.542. The van der Waals surface area contributed by atoms with E-state index in [0.717, 1.165) is 16.7 Å². The van der Waals surface area contributed by atoms with Crippen LogP contribution in [0.3, 0.4) is 0 Å². The quantitative estimate of drug-likeness (QED) is 0.658. The molecule has 3 nitrogen and oxygen atoms in total. The minimum atomic E-state index is -3.54. The Bertz CT molecular complexity index is 655. The molecular weight excluding hydrogens is 295 g/mol. The van der Waals surface area contributed by atoms with Crippen LogP contribution in [0.25, 0.3) is 0 Å². The van der Waals surface area contributed by atoms with Crippen molar-refractivity contribution in [3.05, 3.63) is 64.7 Å². The van der Waals surface area contributed by atoms with Crippen molar-refractivity contribution in [2.75, 3.05) is 6.16 Å². The van der Waals surface area contributed by atoms with Crippen molar-refractivity contribution in [3.8, 4) is 0 Å². The van der Waals surface area contributed by atoms with Gasteiger partial charge in [0.1, 0.15) is 0 Å². The van der Waals surface area contributed by atoms with Gasteiger partial charge in [-0.25, -0.2) is 0 Å². The van der Waals surface area contributed by atoms with Crippen molar-refractivity contribution in [2.24, 2.45) is 0 Å². The zero-order valence-electron chi connectivity index (χ0n) is 13.3. The predicted molar refractivity (Wildman–Crippen MR) is 93.3 cm³/mol. The van der Waals surface area contributed by atoms with Crippen molar-refractivity contribution in [1.29, 1.82) is 0 Å². The molecule has 0 aromatic heterocycles. The minimum absolute atomic E-state index is 0.0223. The van der Waals surface area contributed by atoms with Crippen LogP contribution in [0.1, 0.15) is 33.5 Å². The molecular formula is C18H23O3P. The Hall–Kier alpha value is -1.54. The van der Waals surface area contributed by atoms with Gasteiger partial charge >= 0.3 is 131 Å². The number of Topliss-reactive ketones (excluding diaryl/α,β-unsaturated/α-hetero) is 1. The van der Waals surface area contributed by atoms with Gasteiger partial charge in [0.2, 0.25) is 0 Å². The predicted octanol–water partition coefficient (Wildman–Crippen LogP) is 3.07. The molecule has 2 aromatic rings. The first-order valence-electron chi connectivity index (χ1n) is 7.42. The molecule has 0 saturated heterocycles. The first-order chi connectivity index (χ1) is 10.3. The Balaban J connectivity index is 2.14. The Morgan fingerprint density at radius 1 is 1.00 bits per heavy atom. The maximum absolute atomic E-state index is 12.5. The van der Waals surface area contributed by atoms with Crippen molar-refractivity contribution in [1.82, 2.24) is 0 Å².